The van der Waals surface area contributed by atoms with Crippen molar-refractivity contribution in [2.75, 3.05) is 5.75 Å². The predicted molar refractivity (Wildman–Crippen MR) is 109 cm³/mol. The van der Waals surface area contributed by atoms with Crippen LogP contribution in [0, 0.1) is 0 Å². The lowest BCUT2D eigenvalue weighted by molar-refractivity contribution is 0.102. The van der Waals surface area contributed by atoms with Crippen molar-refractivity contribution in [3.05, 3.63) is 63.3 Å². The van der Waals surface area contributed by atoms with Gasteiger partial charge in [0.15, 0.2) is 10.9 Å². The molecule has 1 N–H and O–H groups in total. The third-order valence-electron chi connectivity index (χ3n) is 4.62. The van der Waals surface area contributed by atoms with E-state index in [2.05, 4.69) is 6.58 Å². The van der Waals surface area contributed by atoms with E-state index in [4.69, 9.17) is 4.98 Å². The Kier molecular flexibility index (Phi) is 4.88. The first kappa shape index (κ1) is 18.0. The summed E-state index contributed by atoms with van der Waals surface area (Å²) in [6.07, 6.45) is 4.72. The van der Waals surface area contributed by atoms with Gasteiger partial charge in [-0.1, -0.05) is 17.8 Å². The monoisotopic (exact) mass is 398 g/mol. The SMILES string of the molecule is C=CCn1c(SCC(=O)c2ccc(O)cc2)nc2sc3c(c2c1=O)CCC3. The van der Waals surface area contributed by atoms with Gasteiger partial charge in [-0.3, -0.25) is 14.2 Å². The van der Waals surface area contributed by atoms with Crippen LogP contribution in [-0.2, 0) is 19.4 Å². The van der Waals surface area contributed by atoms with Crippen LogP contribution in [0.1, 0.15) is 27.2 Å². The smallest absolute Gasteiger partial charge is 0.263 e. The minimum Gasteiger partial charge on any atom is -0.508 e. The fraction of sp³-hybridized carbons (Fsp3) is 0.250. The molecule has 3 aromatic rings. The molecule has 0 unspecified atom stereocenters. The van der Waals surface area contributed by atoms with Crippen molar-refractivity contribution in [3.8, 4) is 5.75 Å². The number of fused-ring (bicyclic) bond motifs is 3. The normalized spacial score (nSPS) is 13.0. The molecule has 0 fully saturated rings. The molecule has 0 saturated carbocycles. The molecule has 0 atom stereocenters. The summed E-state index contributed by atoms with van der Waals surface area (Å²) in [4.78, 5) is 32.2. The lowest BCUT2D eigenvalue weighted by atomic mass is 10.1. The van der Waals surface area contributed by atoms with E-state index in [1.54, 1.807) is 34.1 Å². The van der Waals surface area contributed by atoms with Crippen molar-refractivity contribution in [1.82, 2.24) is 9.55 Å². The van der Waals surface area contributed by atoms with Gasteiger partial charge in [-0.25, -0.2) is 4.98 Å². The number of benzene rings is 1. The van der Waals surface area contributed by atoms with E-state index >= 15 is 0 Å². The number of phenolic OH excluding ortho intramolecular Hbond substituents is 1. The van der Waals surface area contributed by atoms with Gasteiger partial charge in [0.2, 0.25) is 0 Å². The van der Waals surface area contributed by atoms with Gasteiger partial charge in [-0.2, -0.15) is 0 Å². The fourth-order valence-corrected chi connectivity index (χ4v) is 5.52. The Bertz CT molecular complexity index is 1100. The van der Waals surface area contributed by atoms with Crippen molar-refractivity contribution in [2.45, 2.75) is 31.0 Å². The van der Waals surface area contributed by atoms with E-state index in [0.717, 1.165) is 35.0 Å². The third kappa shape index (κ3) is 3.33. The molecule has 2 heterocycles. The molecular weight excluding hydrogens is 380 g/mol. The van der Waals surface area contributed by atoms with Gasteiger partial charge in [0.25, 0.3) is 5.56 Å². The van der Waals surface area contributed by atoms with Gasteiger partial charge in [-0.15, -0.1) is 17.9 Å². The van der Waals surface area contributed by atoms with Crippen LogP contribution < -0.4 is 5.56 Å². The van der Waals surface area contributed by atoms with Gasteiger partial charge in [0.05, 0.1) is 11.1 Å². The van der Waals surface area contributed by atoms with Gasteiger partial charge in [0.1, 0.15) is 10.6 Å². The Morgan fingerprint density at radius 3 is 2.85 bits per heavy atom. The van der Waals surface area contributed by atoms with Crippen LogP contribution in [0.5, 0.6) is 5.75 Å². The number of thiophene rings is 1. The highest BCUT2D eigenvalue weighted by Crippen LogP contribution is 2.35. The number of aromatic nitrogens is 2. The largest absolute Gasteiger partial charge is 0.508 e. The van der Waals surface area contributed by atoms with Crippen molar-refractivity contribution >= 4 is 39.1 Å². The highest BCUT2D eigenvalue weighted by atomic mass is 32.2. The van der Waals surface area contributed by atoms with Crippen molar-refractivity contribution in [3.63, 3.8) is 0 Å². The molecule has 138 valence electrons. The average molecular weight is 399 g/mol. The number of carbonyl (C=O) groups is 1. The number of hydrogen-bond acceptors (Lipinski definition) is 6. The van der Waals surface area contributed by atoms with E-state index in [-0.39, 0.29) is 22.8 Å². The number of hydrogen-bond donors (Lipinski definition) is 1. The number of ketones is 1. The molecule has 4 rings (SSSR count). The number of thioether (sulfide) groups is 1. The number of phenols is 1. The highest BCUT2D eigenvalue weighted by Gasteiger charge is 2.23. The molecule has 5 nitrogen and oxygen atoms in total. The van der Waals surface area contributed by atoms with Crippen LogP contribution in [0.3, 0.4) is 0 Å². The Balaban J connectivity index is 1.67. The topological polar surface area (TPSA) is 72.2 Å². The van der Waals surface area contributed by atoms with Gasteiger partial charge >= 0.3 is 0 Å². The number of aryl methyl sites for hydroxylation is 2. The first-order chi connectivity index (χ1) is 13.1. The maximum atomic E-state index is 13.1. The maximum absolute atomic E-state index is 13.1. The molecule has 2 aromatic heterocycles. The molecule has 27 heavy (non-hydrogen) atoms. The van der Waals surface area contributed by atoms with Crippen LogP contribution in [0.15, 0.2) is 46.9 Å². The average Bonchev–Trinajstić information content (AvgIpc) is 3.23. The summed E-state index contributed by atoms with van der Waals surface area (Å²) in [6, 6.07) is 6.16. The van der Waals surface area contributed by atoms with Crippen molar-refractivity contribution in [2.24, 2.45) is 0 Å². The molecule has 0 saturated heterocycles. The van der Waals surface area contributed by atoms with Crippen LogP contribution >= 0.6 is 23.1 Å². The zero-order valence-corrected chi connectivity index (χ0v) is 16.2. The van der Waals surface area contributed by atoms with E-state index in [1.807, 2.05) is 0 Å². The van der Waals surface area contributed by atoms with E-state index < -0.39 is 0 Å². The van der Waals surface area contributed by atoms with E-state index in [9.17, 15) is 14.7 Å². The van der Waals surface area contributed by atoms with Gasteiger partial charge in [0, 0.05) is 17.0 Å². The lowest BCUT2D eigenvalue weighted by Gasteiger charge is -2.10. The summed E-state index contributed by atoms with van der Waals surface area (Å²) in [5, 5.41) is 10.6. The zero-order valence-electron chi connectivity index (χ0n) is 14.6. The summed E-state index contributed by atoms with van der Waals surface area (Å²) in [5.41, 5.74) is 1.63. The highest BCUT2D eigenvalue weighted by molar-refractivity contribution is 7.99. The second-order valence-electron chi connectivity index (χ2n) is 6.40. The summed E-state index contributed by atoms with van der Waals surface area (Å²) in [7, 11) is 0. The third-order valence-corrected chi connectivity index (χ3v) is 6.79. The van der Waals surface area contributed by atoms with Crippen LogP contribution in [0.4, 0.5) is 0 Å². The fourth-order valence-electron chi connectivity index (χ4n) is 3.32. The minimum atomic E-state index is -0.0758. The number of nitrogens with zero attached hydrogens (tertiary/aromatic N) is 2. The summed E-state index contributed by atoms with van der Waals surface area (Å²) >= 11 is 2.86. The zero-order chi connectivity index (χ0) is 19.0. The first-order valence-electron chi connectivity index (χ1n) is 8.69. The maximum Gasteiger partial charge on any atom is 0.263 e. The molecule has 0 aliphatic heterocycles. The predicted octanol–water partition coefficient (Wildman–Crippen LogP) is 3.81. The number of allylic oxidation sites excluding steroid dienone is 1. The molecule has 1 aliphatic carbocycles. The molecular formula is C20H18N2O3S2. The Hall–Kier alpha value is -2.38. The number of aromatic hydroxyl groups is 1. The van der Waals surface area contributed by atoms with Crippen LogP contribution in [0.2, 0.25) is 0 Å². The molecule has 0 radical (unpaired) electrons. The number of rotatable bonds is 6. The molecule has 1 aromatic carbocycles. The molecule has 0 spiro atoms. The number of carbonyl (C=O) groups excluding carboxylic acids is 1. The Morgan fingerprint density at radius 2 is 2.11 bits per heavy atom. The summed E-state index contributed by atoms with van der Waals surface area (Å²) < 4.78 is 1.61. The van der Waals surface area contributed by atoms with Crippen molar-refractivity contribution in [1.29, 1.82) is 0 Å². The van der Waals surface area contributed by atoms with Gasteiger partial charge < -0.3 is 5.11 Å². The molecule has 0 amide bonds. The second-order valence-corrected chi connectivity index (χ2v) is 8.42. The molecule has 7 heteroatoms. The molecule has 0 bridgehead atoms. The standard InChI is InChI=1S/C20H18N2O3S2/c1-2-10-22-19(25)17-14-4-3-5-16(14)27-18(17)21-20(22)26-11-15(24)12-6-8-13(23)9-7-12/h2,6-9,23H,1,3-5,10-11H2. The van der Waals surface area contributed by atoms with E-state index in [1.165, 1.54) is 28.8 Å². The van der Waals surface area contributed by atoms with Crippen molar-refractivity contribution < 1.29 is 9.90 Å². The number of Topliss-reactive ketones (excluding diaryl/α,β-unsaturated/α-hetero) is 1. The van der Waals surface area contributed by atoms with Crippen LogP contribution in [0.25, 0.3) is 10.2 Å². The Labute approximate surface area is 164 Å². The molecule has 1 aliphatic rings. The summed E-state index contributed by atoms with van der Waals surface area (Å²) in [5.74, 6) is 0.218. The second kappa shape index (κ2) is 7.32. The quantitative estimate of drug-likeness (QED) is 0.296. The van der Waals surface area contributed by atoms with Gasteiger partial charge in [-0.05, 0) is 49.1 Å². The van der Waals surface area contributed by atoms with E-state index in [0.29, 0.717) is 17.3 Å². The minimum absolute atomic E-state index is 0.0427. The van der Waals surface area contributed by atoms with Crippen LogP contribution in [-0.4, -0.2) is 26.2 Å². The lowest BCUT2D eigenvalue weighted by Crippen LogP contribution is -2.23. The first-order valence-corrected chi connectivity index (χ1v) is 10.5. The summed E-state index contributed by atoms with van der Waals surface area (Å²) in [6.45, 7) is 4.11. The Morgan fingerprint density at radius 1 is 1.33 bits per heavy atom.